The molecule has 27 heavy (non-hydrogen) atoms. The fraction of sp³-hybridized carbons (Fsp3) is 0.273. The van der Waals surface area contributed by atoms with Gasteiger partial charge in [-0.15, -0.1) is 0 Å². The van der Waals surface area contributed by atoms with E-state index in [4.69, 9.17) is 0 Å². The molecule has 0 N–H and O–H groups in total. The SMILES string of the molecule is Cc1ccccc1CN1CCN(C(=O)c2ccn(-c3ccccc3)n2)CC1. The van der Waals surface area contributed by atoms with E-state index in [1.54, 1.807) is 10.7 Å². The number of nitrogens with zero attached hydrogens (tertiary/aromatic N) is 4. The van der Waals surface area contributed by atoms with Crippen molar-refractivity contribution in [2.24, 2.45) is 0 Å². The number of rotatable bonds is 4. The molecule has 0 bridgehead atoms. The number of carbonyl (C=O) groups excluding carboxylic acids is 1. The molecule has 138 valence electrons. The van der Waals surface area contributed by atoms with E-state index in [2.05, 4.69) is 41.2 Å². The van der Waals surface area contributed by atoms with Gasteiger partial charge in [-0.05, 0) is 36.2 Å². The van der Waals surface area contributed by atoms with Gasteiger partial charge in [-0.1, -0.05) is 42.5 Å². The first-order valence-corrected chi connectivity index (χ1v) is 9.38. The normalized spacial score (nSPS) is 15.1. The van der Waals surface area contributed by atoms with Crippen LogP contribution < -0.4 is 0 Å². The van der Waals surface area contributed by atoms with Gasteiger partial charge < -0.3 is 4.90 Å². The molecule has 1 amide bonds. The zero-order valence-electron chi connectivity index (χ0n) is 15.6. The molecule has 1 aliphatic rings. The molecule has 0 saturated carbocycles. The van der Waals surface area contributed by atoms with Crippen LogP contribution in [-0.2, 0) is 6.54 Å². The quantitative estimate of drug-likeness (QED) is 0.718. The molecule has 0 atom stereocenters. The number of carbonyl (C=O) groups is 1. The summed E-state index contributed by atoms with van der Waals surface area (Å²) in [4.78, 5) is 17.1. The number of para-hydroxylation sites is 1. The van der Waals surface area contributed by atoms with E-state index in [-0.39, 0.29) is 5.91 Å². The summed E-state index contributed by atoms with van der Waals surface area (Å²) < 4.78 is 1.75. The average molecular weight is 360 g/mol. The monoisotopic (exact) mass is 360 g/mol. The van der Waals surface area contributed by atoms with Crippen LogP contribution >= 0.6 is 0 Å². The molecular weight excluding hydrogens is 336 g/mol. The average Bonchev–Trinajstić information content (AvgIpc) is 3.21. The highest BCUT2D eigenvalue weighted by atomic mass is 16.2. The highest BCUT2D eigenvalue weighted by molar-refractivity contribution is 5.92. The molecule has 2 aromatic carbocycles. The summed E-state index contributed by atoms with van der Waals surface area (Å²) >= 11 is 0. The Morgan fingerprint density at radius 3 is 2.37 bits per heavy atom. The van der Waals surface area contributed by atoms with Crippen molar-refractivity contribution in [1.29, 1.82) is 0 Å². The molecular formula is C22H24N4O. The number of hydrogen-bond acceptors (Lipinski definition) is 3. The van der Waals surface area contributed by atoms with Crippen molar-refractivity contribution in [2.75, 3.05) is 26.2 Å². The minimum atomic E-state index is 0.0141. The second-order valence-electron chi connectivity index (χ2n) is 6.98. The van der Waals surface area contributed by atoms with E-state index >= 15 is 0 Å². The fourth-order valence-corrected chi connectivity index (χ4v) is 3.46. The van der Waals surface area contributed by atoms with Crippen LogP contribution in [0, 0.1) is 6.92 Å². The van der Waals surface area contributed by atoms with Gasteiger partial charge in [0.2, 0.25) is 0 Å². The zero-order chi connectivity index (χ0) is 18.6. The topological polar surface area (TPSA) is 41.4 Å². The Balaban J connectivity index is 1.36. The van der Waals surface area contributed by atoms with Gasteiger partial charge in [-0.25, -0.2) is 4.68 Å². The Hall–Kier alpha value is -2.92. The van der Waals surface area contributed by atoms with E-state index in [0.29, 0.717) is 5.69 Å². The molecule has 2 heterocycles. The maximum Gasteiger partial charge on any atom is 0.274 e. The number of hydrogen-bond donors (Lipinski definition) is 0. The van der Waals surface area contributed by atoms with Gasteiger partial charge in [0, 0.05) is 38.9 Å². The molecule has 0 spiro atoms. The number of aromatic nitrogens is 2. The van der Waals surface area contributed by atoms with Crippen molar-refractivity contribution in [1.82, 2.24) is 19.6 Å². The summed E-state index contributed by atoms with van der Waals surface area (Å²) in [5.41, 5.74) is 4.15. The summed E-state index contributed by atoms with van der Waals surface area (Å²) in [6.07, 6.45) is 1.84. The number of benzene rings is 2. The summed E-state index contributed by atoms with van der Waals surface area (Å²) in [7, 11) is 0. The van der Waals surface area contributed by atoms with E-state index in [0.717, 1.165) is 38.4 Å². The van der Waals surface area contributed by atoms with Crippen molar-refractivity contribution in [3.63, 3.8) is 0 Å². The minimum Gasteiger partial charge on any atom is -0.335 e. The molecule has 3 aromatic rings. The van der Waals surface area contributed by atoms with E-state index in [9.17, 15) is 4.79 Å². The first kappa shape index (κ1) is 17.5. The molecule has 1 aromatic heterocycles. The van der Waals surface area contributed by atoms with Gasteiger partial charge >= 0.3 is 0 Å². The number of piperazine rings is 1. The molecule has 1 saturated heterocycles. The van der Waals surface area contributed by atoms with Gasteiger partial charge in [-0.3, -0.25) is 9.69 Å². The first-order valence-electron chi connectivity index (χ1n) is 9.38. The van der Waals surface area contributed by atoms with Crippen LogP contribution in [0.2, 0.25) is 0 Å². The maximum absolute atomic E-state index is 12.8. The Morgan fingerprint density at radius 2 is 1.63 bits per heavy atom. The Bertz CT molecular complexity index is 911. The zero-order valence-corrected chi connectivity index (χ0v) is 15.6. The smallest absolute Gasteiger partial charge is 0.274 e. The van der Waals surface area contributed by atoms with Crippen molar-refractivity contribution in [3.05, 3.63) is 83.7 Å². The van der Waals surface area contributed by atoms with Crippen molar-refractivity contribution >= 4 is 5.91 Å². The third-order valence-electron chi connectivity index (χ3n) is 5.14. The summed E-state index contributed by atoms with van der Waals surface area (Å²) in [5, 5.41) is 4.47. The Morgan fingerprint density at radius 1 is 0.926 bits per heavy atom. The Kier molecular flexibility index (Phi) is 5.03. The standard InChI is InChI=1S/C22H24N4O/c1-18-7-5-6-8-19(18)17-24-13-15-25(16-14-24)22(27)21-11-12-26(23-21)20-9-3-2-4-10-20/h2-12H,13-17H2,1H3. The van der Waals surface area contributed by atoms with Crippen LogP contribution in [0.4, 0.5) is 0 Å². The minimum absolute atomic E-state index is 0.0141. The van der Waals surface area contributed by atoms with Gasteiger partial charge in [0.1, 0.15) is 0 Å². The van der Waals surface area contributed by atoms with E-state index in [1.165, 1.54) is 11.1 Å². The van der Waals surface area contributed by atoms with Crippen molar-refractivity contribution < 1.29 is 4.79 Å². The Labute approximate surface area is 159 Å². The van der Waals surface area contributed by atoms with Gasteiger partial charge in [-0.2, -0.15) is 5.10 Å². The summed E-state index contributed by atoms with van der Waals surface area (Å²) in [6, 6.07) is 20.1. The van der Waals surface area contributed by atoms with E-state index in [1.807, 2.05) is 41.4 Å². The van der Waals surface area contributed by atoms with Crippen LogP contribution in [0.15, 0.2) is 66.9 Å². The summed E-state index contributed by atoms with van der Waals surface area (Å²) in [5.74, 6) is 0.0141. The first-order chi connectivity index (χ1) is 13.2. The lowest BCUT2D eigenvalue weighted by molar-refractivity contribution is 0.0622. The van der Waals surface area contributed by atoms with Gasteiger partial charge in [0.15, 0.2) is 5.69 Å². The predicted octanol–water partition coefficient (Wildman–Crippen LogP) is 3.14. The van der Waals surface area contributed by atoms with E-state index < -0.39 is 0 Å². The third-order valence-corrected chi connectivity index (χ3v) is 5.14. The molecule has 0 radical (unpaired) electrons. The van der Waals surface area contributed by atoms with Crippen LogP contribution in [0.5, 0.6) is 0 Å². The third kappa shape index (κ3) is 3.93. The second-order valence-corrected chi connectivity index (χ2v) is 6.98. The molecule has 1 aliphatic heterocycles. The molecule has 5 nitrogen and oxygen atoms in total. The highest BCUT2D eigenvalue weighted by Gasteiger charge is 2.24. The summed E-state index contributed by atoms with van der Waals surface area (Å²) in [6.45, 7) is 6.35. The van der Waals surface area contributed by atoms with Crippen molar-refractivity contribution in [3.8, 4) is 5.69 Å². The van der Waals surface area contributed by atoms with Crippen molar-refractivity contribution in [2.45, 2.75) is 13.5 Å². The van der Waals surface area contributed by atoms with Crippen LogP contribution in [0.3, 0.4) is 0 Å². The van der Waals surface area contributed by atoms with Crippen LogP contribution in [0.25, 0.3) is 5.69 Å². The molecule has 5 heteroatoms. The predicted molar refractivity (Wildman–Crippen MR) is 106 cm³/mol. The molecule has 0 aliphatic carbocycles. The molecule has 1 fully saturated rings. The highest BCUT2D eigenvalue weighted by Crippen LogP contribution is 2.14. The van der Waals surface area contributed by atoms with Crippen LogP contribution in [-0.4, -0.2) is 51.7 Å². The largest absolute Gasteiger partial charge is 0.335 e. The lowest BCUT2D eigenvalue weighted by atomic mass is 10.1. The lowest BCUT2D eigenvalue weighted by Crippen LogP contribution is -2.48. The molecule has 0 unspecified atom stereocenters. The maximum atomic E-state index is 12.8. The van der Waals surface area contributed by atoms with Gasteiger partial charge in [0.25, 0.3) is 5.91 Å². The second kappa shape index (κ2) is 7.76. The van der Waals surface area contributed by atoms with Gasteiger partial charge in [0.05, 0.1) is 5.69 Å². The lowest BCUT2D eigenvalue weighted by Gasteiger charge is -2.34. The molecule has 4 rings (SSSR count). The number of amides is 1. The van der Waals surface area contributed by atoms with Crippen LogP contribution in [0.1, 0.15) is 21.6 Å². The number of aryl methyl sites for hydroxylation is 1. The fourth-order valence-electron chi connectivity index (χ4n) is 3.46.